The van der Waals surface area contributed by atoms with Gasteiger partial charge in [-0.3, -0.25) is 0 Å². The van der Waals surface area contributed by atoms with Gasteiger partial charge < -0.3 is 20.4 Å². The molecule has 118 valence electrons. The van der Waals surface area contributed by atoms with Crippen molar-refractivity contribution in [3.05, 3.63) is 11.9 Å². The molecule has 0 aliphatic carbocycles. The Morgan fingerprint density at radius 3 is 2.76 bits per heavy atom. The van der Waals surface area contributed by atoms with Crippen LogP contribution >= 0.6 is 0 Å². The summed E-state index contributed by atoms with van der Waals surface area (Å²) in [5.41, 5.74) is 2.09. The van der Waals surface area contributed by atoms with E-state index in [1.54, 1.807) is 0 Å². The minimum atomic E-state index is -4.63. The van der Waals surface area contributed by atoms with Crippen LogP contribution in [0.4, 0.5) is 24.8 Å². The van der Waals surface area contributed by atoms with Crippen molar-refractivity contribution in [1.82, 2.24) is 14.9 Å². The van der Waals surface area contributed by atoms with Gasteiger partial charge in [-0.05, 0) is 7.05 Å². The third-order valence-electron chi connectivity index (χ3n) is 2.98. The lowest BCUT2D eigenvalue weighted by molar-refractivity contribution is -0.144. The summed E-state index contributed by atoms with van der Waals surface area (Å²) in [5.74, 6) is 3.81. The van der Waals surface area contributed by atoms with E-state index in [-0.39, 0.29) is 17.7 Å². The fourth-order valence-electron chi connectivity index (χ4n) is 1.95. The molecule has 0 radical (unpaired) electrons. The highest BCUT2D eigenvalue weighted by Crippen LogP contribution is 2.28. The molecule has 7 nitrogen and oxygen atoms in total. The number of likely N-dealkylation sites (N-methyl/N-ethyl adjacent to an activating group) is 1. The van der Waals surface area contributed by atoms with Gasteiger partial charge in [0.15, 0.2) is 0 Å². The second-order valence-electron chi connectivity index (χ2n) is 4.74. The molecular formula is C11H17F3N6O. The number of nitrogens with two attached hydrogens (primary N) is 1. The van der Waals surface area contributed by atoms with Gasteiger partial charge in [0.1, 0.15) is 11.6 Å². The zero-order valence-electron chi connectivity index (χ0n) is 11.4. The molecule has 2 rings (SSSR count). The standard InChI is InChI=1S/C11H17F3N6O/c1-20-2-3-21-7(6-20)5-16-8-4-9(19-15)18-10(17-8)11(12,13)14/h4,7H,2-3,5-6,15H2,1H3,(H2,16,17,18,19). The molecule has 1 saturated heterocycles. The van der Waals surface area contributed by atoms with Crippen molar-refractivity contribution in [2.24, 2.45) is 5.84 Å². The van der Waals surface area contributed by atoms with E-state index in [4.69, 9.17) is 10.6 Å². The van der Waals surface area contributed by atoms with Crippen LogP contribution in [-0.2, 0) is 10.9 Å². The Balaban J connectivity index is 2.05. The number of nitrogen functional groups attached to an aromatic ring is 1. The number of aromatic nitrogens is 2. The molecule has 10 heteroatoms. The number of halogens is 3. The fourth-order valence-corrected chi connectivity index (χ4v) is 1.95. The quantitative estimate of drug-likeness (QED) is 0.552. The highest BCUT2D eigenvalue weighted by Gasteiger charge is 2.35. The molecule has 21 heavy (non-hydrogen) atoms. The number of ether oxygens (including phenoxy) is 1. The third-order valence-corrected chi connectivity index (χ3v) is 2.98. The van der Waals surface area contributed by atoms with Crippen LogP contribution in [0, 0.1) is 0 Å². The van der Waals surface area contributed by atoms with E-state index in [9.17, 15) is 13.2 Å². The normalized spacial score (nSPS) is 20.3. The van der Waals surface area contributed by atoms with E-state index in [0.29, 0.717) is 19.7 Å². The maximum atomic E-state index is 12.7. The topological polar surface area (TPSA) is 88.3 Å². The summed E-state index contributed by atoms with van der Waals surface area (Å²) in [6, 6.07) is 1.31. The molecule has 0 aromatic carbocycles. The fraction of sp³-hybridized carbons (Fsp3) is 0.636. The van der Waals surface area contributed by atoms with Crippen molar-refractivity contribution in [3.63, 3.8) is 0 Å². The van der Waals surface area contributed by atoms with Gasteiger partial charge in [0.2, 0.25) is 5.82 Å². The summed E-state index contributed by atoms with van der Waals surface area (Å²) in [6.07, 6.45) is -4.74. The van der Waals surface area contributed by atoms with Crippen molar-refractivity contribution >= 4 is 11.6 Å². The number of nitrogens with zero attached hydrogens (tertiary/aromatic N) is 3. The maximum absolute atomic E-state index is 12.7. The predicted molar refractivity (Wildman–Crippen MR) is 70.6 cm³/mol. The number of morpholine rings is 1. The Bertz CT molecular complexity index is 484. The Labute approximate surface area is 119 Å². The molecular weight excluding hydrogens is 289 g/mol. The van der Waals surface area contributed by atoms with Crippen LogP contribution in [0.5, 0.6) is 0 Å². The maximum Gasteiger partial charge on any atom is 0.451 e. The van der Waals surface area contributed by atoms with Gasteiger partial charge in [0.25, 0.3) is 0 Å². The largest absolute Gasteiger partial charge is 0.451 e. The molecule has 1 aromatic rings. The highest BCUT2D eigenvalue weighted by molar-refractivity contribution is 5.47. The van der Waals surface area contributed by atoms with E-state index in [2.05, 4.69) is 25.6 Å². The van der Waals surface area contributed by atoms with Crippen molar-refractivity contribution < 1.29 is 17.9 Å². The SMILES string of the molecule is CN1CCOC(CNc2cc(NN)nc(C(F)(F)F)n2)C1. The van der Waals surface area contributed by atoms with Gasteiger partial charge in [-0.2, -0.15) is 13.2 Å². The Morgan fingerprint density at radius 1 is 1.43 bits per heavy atom. The molecule has 0 saturated carbocycles. The van der Waals surface area contributed by atoms with Gasteiger partial charge in [-0.1, -0.05) is 0 Å². The van der Waals surface area contributed by atoms with Crippen molar-refractivity contribution in [2.75, 3.05) is 44.0 Å². The van der Waals surface area contributed by atoms with E-state index in [1.807, 2.05) is 7.05 Å². The van der Waals surface area contributed by atoms with Gasteiger partial charge >= 0.3 is 6.18 Å². The van der Waals surface area contributed by atoms with E-state index < -0.39 is 12.0 Å². The molecule has 1 aliphatic heterocycles. The summed E-state index contributed by atoms with van der Waals surface area (Å²) in [7, 11) is 1.96. The number of hydrogen-bond acceptors (Lipinski definition) is 7. The van der Waals surface area contributed by atoms with Gasteiger partial charge in [0.05, 0.1) is 12.7 Å². The lowest BCUT2D eigenvalue weighted by Gasteiger charge is -2.30. The molecule has 1 aromatic heterocycles. The number of nitrogens with one attached hydrogen (secondary N) is 2. The first kappa shape index (κ1) is 15.7. The number of hydrogen-bond donors (Lipinski definition) is 3. The average molecular weight is 306 g/mol. The smallest absolute Gasteiger partial charge is 0.374 e. The monoisotopic (exact) mass is 306 g/mol. The van der Waals surface area contributed by atoms with Crippen LogP contribution in [-0.4, -0.2) is 54.3 Å². The number of anilines is 2. The van der Waals surface area contributed by atoms with E-state index >= 15 is 0 Å². The van der Waals surface area contributed by atoms with Crippen LogP contribution in [0.25, 0.3) is 0 Å². The first-order valence-corrected chi connectivity index (χ1v) is 6.35. The number of hydrazine groups is 1. The van der Waals surface area contributed by atoms with Crippen LogP contribution < -0.4 is 16.6 Å². The summed E-state index contributed by atoms with van der Waals surface area (Å²) in [4.78, 5) is 8.81. The average Bonchev–Trinajstić information content (AvgIpc) is 2.44. The van der Waals surface area contributed by atoms with Crippen molar-refractivity contribution in [1.29, 1.82) is 0 Å². The zero-order valence-corrected chi connectivity index (χ0v) is 11.4. The lowest BCUT2D eigenvalue weighted by Crippen LogP contribution is -2.43. The summed E-state index contributed by atoms with van der Waals surface area (Å²) in [5, 5.41) is 2.82. The van der Waals surface area contributed by atoms with Crippen LogP contribution in [0.3, 0.4) is 0 Å². The molecule has 0 spiro atoms. The minimum absolute atomic E-state index is 0.0436. The molecule has 1 atom stereocenters. The highest BCUT2D eigenvalue weighted by atomic mass is 19.4. The van der Waals surface area contributed by atoms with Crippen LogP contribution in [0.15, 0.2) is 6.07 Å². The summed E-state index contributed by atoms with van der Waals surface area (Å²) < 4.78 is 43.5. The van der Waals surface area contributed by atoms with E-state index in [0.717, 1.165) is 6.54 Å². The Hall–Kier alpha value is -1.65. The second kappa shape index (κ2) is 6.41. The summed E-state index contributed by atoms with van der Waals surface area (Å²) >= 11 is 0. The van der Waals surface area contributed by atoms with Crippen LogP contribution in [0.1, 0.15) is 5.82 Å². The molecule has 1 unspecified atom stereocenters. The zero-order chi connectivity index (χ0) is 15.5. The van der Waals surface area contributed by atoms with E-state index in [1.165, 1.54) is 6.07 Å². The third kappa shape index (κ3) is 4.41. The Morgan fingerprint density at radius 2 is 2.14 bits per heavy atom. The molecule has 0 amide bonds. The number of alkyl halides is 3. The molecule has 1 fully saturated rings. The Kier molecular flexibility index (Phi) is 4.80. The first-order chi connectivity index (χ1) is 9.88. The summed E-state index contributed by atoms with van der Waals surface area (Å²) in [6.45, 7) is 2.48. The number of rotatable bonds is 4. The van der Waals surface area contributed by atoms with Gasteiger partial charge in [-0.15, -0.1) is 0 Å². The molecule has 0 bridgehead atoms. The minimum Gasteiger partial charge on any atom is -0.374 e. The first-order valence-electron chi connectivity index (χ1n) is 6.35. The molecule has 1 aliphatic rings. The predicted octanol–water partition coefficient (Wildman–Crippen LogP) is 0.523. The van der Waals surface area contributed by atoms with Crippen molar-refractivity contribution in [2.45, 2.75) is 12.3 Å². The van der Waals surface area contributed by atoms with Crippen molar-refractivity contribution in [3.8, 4) is 0 Å². The van der Waals surface area contributed by atoms with Crippen LogP contribution in [0.2, 0.25) is 0 Å². The second-order valence-corrected chi connectivity index (χ2v) is 4.74. The molecule has 2 heterocycles. The molecule has 4 N–H and O–H groups in total. The lowest BCUT2D eigenvalue weighted by atomic mass is 10.3. The van der Waals surface area contributed by atoms with Gasteiger partial charge in [-0.25, -0.2) is 15.8 Å². The van der Waals surface area contributed by atoms with Gasteiger partial charge in [0, 0.05) is 25.7 Å².